The van der Waals surface area contributed by atoms with Gasteiger partial charge in [-0.15, -0.1) is 0 Å². The molecule has 0 heterocycles. The van der Waals surface area contributed by atoms with Gasteiger partial charge in [0, 0.05) is 0 Å². The molecule has 0 aliphatic carbocycles. The molecular formula is C8H8O5S. The van der Waals surface area contributed by atoms with Crippen LogP contribution in [-0.4, -0.2) is 25.9 Å². The summed E-state index contributed by atoms with van der Waals surface area (Å²) < 4.78 is 27.0. The summed E-state index contributed by atoms with van der Waals surface area (Å²) in [6.45, 7) is 0. The SMILES string of the molecule is COc1ccc(S(=O)(=O)C(=O)O)cc1. The summed E-state index contributed by atoms with van der Waals surface area (Å²) in [5.41, 5.74) is 0. The van der Waals surface area contributed by atoms with E-state index in [0.717, 1.165) is 0 Å². The van der Waals surface area contributed by atoms with E-state index >= 15 is 0 Å². The summed E-state index contributed by atoms with van der Waals surface area (Å²) in [6.07, 6.45) is 0. The Bertz CT molecular complexity index is 431. The van der Waals surface area contributed by atoms with Gasteiger partial charge in [0.15, 0.2) is 0 Å². The molecule has 0 radical (unpaired) electrons. The number of sulfone groups is 1. The summed E-state index contributed by atoms with van der Waals surface area (Å²) in [5.74, 6) is 0.467. The number of carboxylic acid groups (broad SMARTS) is 1. The number of methoxy groups -OCH3 is 1. The van der Waals surface area contributed by atoms with Crippen molar-refractivity contribution in [3.63, 3.8) is 0 Å². The van der Waals surface area contributed by atoms with Crippen molar-refractivity contribution in [2.45, 2.75) is 4.90 Å². The van der Waals surface area contributed by atoms with Crippen molar-refractivity contribution in [1.82, 2.24) is 0 Å². The Labute approximate surface area is 80.9 Å². The second-order valence-electron chi connectivity index (χ2n) is 2.44. The van der Waals surface area contributed by atoms with Gasteiger partial charge in [-0.2, -0.15) is 0 Å². The van der Waals surface area contributed by atoms with Crippen LogP contribution in [0.1, 0.15) is 0 Å². The number of carbonyl (C=O) groups is 1. The number of benzene rings is 1. The van der Waals surface area contributed by atoms with E-state index in [9.17, 15) is 13.2 Å². The molecule has 0 aliphatic rings. The van der Waals surface area contributed by atoms with Crippen LogP contribution in [0.4, 0.5) is 4.79 Å². The minimum atomic E-state index is -4.24. The fraction of sp³-hybridized carbons (Fsp3) is 0.125. The Kier molecular flexibility index (Phi) is 2.76. The van der Waals surface area contributed by atoms with Gasteiger partial charge in [0.25, 0.3) is 9.84 Å². The summed E-state index contributed by atoms with van der Waals surface area (Å²) in [7, 11) is -2.81. The van der Waals surface area contributed by atoms with Gasteiger partial charge >= 0.3 is 5.30 Å². The molecule has 1 N–H and O–H groups in total. The van der Waals surface area contributed by atoms with Crippen molar-refractivity contribution in [1.29, 1.82) is 0 Å². The number of rotatable bonds is 2. The van der Waals surface area contributed by atoms with Crippen LogP contribution >= 0.6 is 0 Å². The zero-order valence-electron chi connectivity index (χ0n) is 7.30. The highest BCUT2D eigenvalue weighted by Gasteiger charge is 2.23. The van der Waals surface area contributed by atoms with Gasteiger partial charge in [-0.25, -0.2) is 13.2 Å². The molecule has 14 heavy (non-hydrogen) atoms. The molecule has 0 unspecified atom stereocenters. The predicted octanol–water partition coefficient (Wildman–Crippen LogP) is 1.15. The van der Waals surface area contributed by atoms with Crippen molar-refractivity contribution in [3.8, 4) is 5.75 Å². The van der Waals surface area contributed by atoms with Crippen molar-refractivity contribution in [2.24, 2.45) is 0 Å². The molecule has 76 valence electrons. The molecule has 1 aromatic carbocycles. The molecule has 0 amide bonds. The molecule has 0 aromatic heterocycles. The van der Waals surface area contributed by atoms with E-state index in [2.05, 4.69) is 0 Å². The van der Waals surface area contributed by atoms with E-state index in [-0.39, 0.29) is 4.90 Å². The first-order valence-electron chi connectivity index (χ1n) is 3.60. The van der Waals surface area contributed by atoms with Gasteiger partial charge in [-0.3, -0.25) is 0 Å². The molecule has 0 spiro atoms. The molecule has 0 bridgehead atoms. The molecule has 0 saturated heterocycles. The lowest BCUT2D eigenvalue weighted by Gasteiger charge is -2.01. The predicted molar refractivity (Wildman–Crippen MR) is 48.2 cm³/mol. The smallest absolute Gasteiger partial charge is 0.427 e. The molecular weight excluding hydrogens is 208 g/mol. The third-order valence-corrected chi connectivity index (χ3v) is 2.95. The summed E-state index contributed by atoms with van der Waals surface area (Å²) in [6, 6.07) is 5.14. The largest absolute Gasteiger partial charge is 0.497 e. The van der Waals surface area contributed by atoms with E-state index in [4.69, 9.17) is 9.84 Å². The average molecular weight is 216 g/mol. The first kappa shape index (κ1) is 10.5. The highest BCUT2D eigenvalue weighted by Crippen LogP contribution is 2.16. The monoisotopic (exact) mass is 216 g/mol. The third-order valence-electron chi connectivity index (χ3n) is 1.60. The maximum atomic E-state index is 11.1. The topological polar surface area (TPSA) is 80.7 Å². The van der Waals surface area contributed by atoms with Crippen LogP contribution in [0.25, 0.3) is 0 Å². The first-order chi connectivity index (χ1) is 6.48. The standard InChI is InChI=1S/C8H8O5S/c1-13-6-2-4-7(5-3-6)14(11,12)8(9)10/h2-5H,1H3,(H,9,10). The molecule has 0 aliphatic heterocycles. The molecule has 0 saturated carbocycles. The highest BCUT2D eigenvalue weighted by atomic mass is 32.2. The zero-order valence-corrected chi connectivity index (χ0v) is 8.11. The van der Waals surface area contributed by atoms with Crippen LogP contribution < -0.4 is 4.74 Å². The summed E-state index contributed by atoms with van der Waals surface area (Å²) >= 11 is 0. The normalized spacial score (nSPS) is 10.9. The molecule has 5 nitrogen and oxygen atoms in total. The molecule has 1 rings (SSSR count). The van der Waals surface area contributed by atoms with Crippen LogP contribution in [-0.2, 0) is 9.84 Å². The van der Waals surface area contributed by atoms with Gasteiger partial charge in [0.2, 0.25) is 0 Å². The molecule has 0 atom stereocenters. The van der Waals surface area contributed by atoms with Gasteiger partial charge in [0.1, 0.15) is 5.75 Å². The molecule has 1 aromatic rings. The van der Waals surface area contributed by atoms with Crippen molar-refractivity contribution >= 4 is 15.1 Å². The lowest BCUT2D eigenvalue weighted by molar-refractivity contribution is 0.219. The summed E-state index contributed by atoms with van der Waals surface area (Å²) in [4.78, 5) is 10.1. The number of hydrogen-bond donors (Lipinski definition) is 1. The maximum absolute atomic E-state index is 11.1. The third kappa shape index (κ3) is 1.85. The van der Waals surface area contributed by atoms with Crippen LogP contribution in [0, 0.1) is 0 Å². The minimum Gasteiger partial charge on any atom is -0.497 e. The van der Waals surface area contributed by atoms with Crippen molar-refractivity contribution < 1.29 is 23.1 Å². The van der Waals surface area contributed by atoms with Crippen molar-refractivity contribution in [2.75, 3.05) is 7.11 Å². The Morgan fingerprint density at radius 1 is 1.29 bits per heavy atom. The highest BCUT2D eigenvalue weighted by molar-refractivity contribution is 8.05. The molecule has 6 heteroatoms. The first-order valence-corrected chi connectivity index (χ1v) is 5.09. The van der Waals surface area contributed by atoms with Gasteiger partial charge < -0.3 is 9.84 Å². The Morgan fingerprint density at radius 2 is 1.79 bits per heavy atom. The van der Waals surface area contributed by atoms with Crippen LogP contribution in [0.2, 0.25) is 0 Å². The quantitative estimate of drug-likeness (QED) is 0.801. The van der Waals surface area contributed by atoms with Crippen LogP contribution in [0.3, 0.4) is 0 Å². The average Bonchev–Trinajstić information content (AvgIpc) is 2.17. The van der Waals surface area contributed by atoms with Gasteiger partial charge in [-0.05, 0) is 24.3 Å². The minimum absolute atomic E-state index is 0.259. The molecule has 0 fully saturated rings. The Hall–Kier alpha value is -1.56. The fourth-order valence-electron chi connectivity index (χ4n) is 0.856. The lowest BCUT2D eigenvalue weighted by atomic mass is 10.3. The van der Waals surface area contributed by atoms with E-state index < -0.39 is 15.1 Å². The van der Waals surface area contributed by atoms with E-state index in [1.165, 1.54) is 31.4 Å². The number of hydrogen-bond acceptors (Lipinski definition) is 4. The maximum Gasteiger partial charge on any atom is 0.427 e. The Balaban J connectivity index is 3.16. The fourth-order valence-corrected chi connectivity index (χ4v) is 1.55. The summed E-state index contributed by atoms with van der Waals surface area (Å²) in [5, 5.41) is 6.54. The Morgan fingerprint density at radius 3 is 2.14 bits per heavy atom. The van der Waals surface area contributed by atoms with Gasteiger partial charge in [0.05, 0.1) is 12.0 Å². The number of ether oxygens (including phenoxy) is 1. The van der Waals surface area contributed by atoms with Crippen LogP contribution in [0.5, 0.6) is 5.75 Å². The van der Waals surface area contributed by atoms with E-state index in [1.54, 1.807) is 0 Å². The zero-order chi connectivity index (χ0) is 10.8. The van der Waals surface area contributed by atoms with Crippen molar-refractivity contribution in [3.05, 3.63) is 24.3 Å². The second kappa shape index (κ2) is 3.67. The van der Waals surface area contributed by atoms with E-state index in [1.807, 2.05) is 0 Å². The van der Waals surface area contributed by atoms with Gasteiger partial charge in [-0.1, -0.05) is 0 Å². The van der Waals surface area contributed by atoms with E-state index in [0.29, 0.717) is 5.75 Å². The second-order valence-corrected chi connectivity index (χ2v) is 4.27. The van der Waals surface area contributed by atoms with Crippen LogP contribution in [0.15, 0.2) is 29.2 Å². The lowest BCUT2D eigenvalue weighted by Crippen LogP contribution is -2.11.